The maximum Gasteiger partial charge on any atom is 0.222 e. The molecule has 2 fully saturated rings. The van der Waals surface area contributed by atoms with Crippen molar-refractivity contribution in [3.05, 3.63) is 52.8 Å². The normalized spacial score (nSPS) is 25.0. The maximum atomic E-state index is 13.2. The van der Waals surface area contributed by atoms with Gasteiger partial charge in [-0.3, -0.25) is 9.59 Å². The van der Waals surface area contributed by atoms with E-state index in [4.69, 9.17) is 5.73 Å². The highest BCUT2D eigenvalue weighted by molar-refractivity contribution is 5.77. The number of likely N-dealkylation sites (tertiary alicyclic amines) is 2. The average molecular weight is 452 g/mol. The zero-order valence-corrected chi connectivity index (χ0v) is 19.6. The number of hydrogen-bond donors (Lipinski definition) is 2. The van der Waals surface area contributed by atoms with E-state index in [1.54, 1.807) is 6.92 Å². The number of carbonyl (C=O) groups is 2. The molecule has 4 atom stereocenters. The number of aliphatic hydroxyl groups excluding tert-OH is 1. The smallest absolute Gasteiger partial charge is 0.222 e. The number of nitrogens with two attached hydrogens (primary N) is 1. The minimum atomic E-state index is -0.572. The van der Waals surface area contributed by atoms with Crippen molar-refractivity contribution in [3.8, 4) is 0 Å². The molecule has 0 aliphatic carbocycles. The van der Waals surface area contributed by atoms with E-state index in [0.29, 0.717) is 38.9 Å². The monoisotopic (exact) mass is 451 g/mol. The number of aromatic nitrogens is 2. The molecular weight excluding hydrogens is 418 g/mol. The Kier molecular flexibility index (Phi) is 6.65. The molecule has 0 saturated carbocycles. The second-order valence-electron chi connectivity index (χ2n) is 9.26. The lowest BCUT2D eigenvalue weighted by molar-refractivity contribution is -0.135. The summed E-state index contributed by atoms with van der Waals surface area (Å²) in [5, 5.41) is 11.1. The first kappa shape index (κ1) is 23.2. The number of anilines is 1. The number of fused-ring (bicyclic) bond motifs is 1. The molecule has 8 heteroatoms. The van der Waals surface area contributed by atoms with Crippen LogP contribution in [0.15, 0.2) is 30.3 Å². The minimum absolute atomic E-state index is 0.0183. The number of aryl methyl sites for hydroxylation is 2. The summed E-state index contributed by atoms with van der Waals surface area (Å²) in [5.74, 6) is 0.206. The summed E-state index contributed by atoms with van der Waals surface area (Å²) in [6.07, 6.45) is 0.792. The predicted octanol–water partition coefficient (Wildman–Crippen LogP) is 1.83. The second-order valence-corrected chi connectivity index (χ2v) is 9.26. The summed E-state index contributed by atoms with van der Waals surface area (Å²) in [4.78, 5) is 37.8. The Morgan fingerprint density at radius 1 is 1.12 bits per heavy atom. The number of benzene rings is 1. The summed E-state index contributed by atoms with van der Waals surface area (Å²) >= 11 is 0. The van der Waals surface area contributed by atoms with Gasteiger partial charge >= 0.3 is 0 Å². The fourth-order valence-electron chi connectivity index (χ4n) is 5.62. The van der Waals surface area contributed by atoms with E-state index in [0.717, 1.165) is 22.5 Å². The van der Waals surface area contributed by atoms with Gasteiger partial charge in [-0.25, -0.2) is 9.97 Å². The van der Waals surface area contributed by atoms with Gasteiger partial charge in [0.25, 0.3) is 0 Å². The molecule has 8 nitrogen and oxygen atoms in total. The summed E-state index contributed by atoms with van der Waals surface area (Å²) in [7, 11) is 0. The summed E-state index contributed by atoms with van der Waals surface area (Å²) in [6, 6.07) is 9.88. The molecule has 2 saturated heterocycles. The summed E-state index contributed by atoms with van der Waals surface area (Å²) < 4.78 is 0. The van der Waals surface area contributed by atoms with Gasteiger partial charge in [-0.15, -0.1) is 0 Å². The van der Waals surface area contributed by atoms with Crippen LogP contribution in [0.25, 0.3) is 0 Å². The van der Waals surface area contributed by atoms with Crippen LogP contribution in [-0.2, 0) is 16.0 Å². The lowest BCUT2D eigenvalue weighted by Gasteiger charge is -2.31. The van der Waals surface area contributed by atoms with Crippen molar-refractivity contribution >= 4 is 17.8 Å². The summed E-state index contributed by atoms with van der Waals surface area (Å²) in [6.45, 7) is 6.82. The van der Waals surface area contributed by atoms with Gasteiger partial charge in [0.05, 0.1) is 12.1 Å². The summed E-state index contributed by atoms with van der Waals surface area (Å²) in [5.41, 5.74) is 9.38. The molecule has 0 radical (unpaired) electrons. The van der Waals surface area contributed by atoms with Crippen LogP contribution in [0.4, 0.5) is 5.95 Å². The Bertz CT molecular complexity index is 1000. The Morgan fingerprint density at radius 3 is 2.42 bits per heavy atom. The molecule has 4 rings (SSSR count). The first-order valence-electron chi connectivity index (χ1n) is 11.6. The van der Waals surface area contributed by atoms with E-state index in [1.807, 2.05) is 41.8 Å². The van der Waals surface area contributed by atoms with Crippen LogP contribution < -0.4 is 5.73 Å². The Labute approximate surface area is 194 Å². The van der Waals surface area contributed by atoms with Gasteiger partial charge in [-0.05, 0) is 37.8 Å². The van der Waals surface area contributed by atoms with Gasteiger partial charge in [0.1, 0.15) is 0 Å². The van der Waals surface area contributed by atoms with Crippen LogP contribution in [0.2, 0.25) is 0 Å². The van der Waals surface area contributed by atoms with Crippen molar-refractivity contribution in [2.75, 3.05) is 25.4 Å². The van der Waals surface area contributed by atoms with Crippen LogP contribution in [0, 0.1) is 19.8 Å². The van der Waals surface area contributed by atoms with Gasteiger partial charge in [0.2, 0.25) is 17.8 Å². The van der Waals surface area contributed by atoms with Crippen LogP contribution in [0.3, 0.4) is 0 Å². The van der Waals surface area contributed by atoms with E-state index in [1.165, 1.54) is 0 Å². The van der Waals surface area contributed by atoms with Crippen LogP contribution >= 0.6 is 0 Å². The van der Waals surface area contributed by atoms with E-state index in [2.05, 4.69) is 22.1 Å². The van der Waals surface area contributed by atoms with Gasteiger partial charge in [0, 0.05) is 56.2 Å². The fraction of sp³-hybridized carbons (Fsp3) is 0.520. The number of nitrogen functional groups attached to an aromatic ring is 1. The molecular formula is C25H33N5O3. The maximum absolute atomic E-state index is 13.2. The lowest BCUT2D eigenvalue weighted by atomic mass is 9.81. The first-order chi connectivity index (χ1) is 15.8. The van der Waals surface area contributed by atoms with Crippen molar-refractivity contribution < 1.29 is 14.7 Å². The highest BCUT2D eigenvalue weighted by atomic mass is 16.3. The molecule has 2 aromatic rings. The number of aliphatic hydroxyl groups is 1. The van der Waals surface area contributed by atoms with E-state index in [-0.39, 0.29) is 35.6 Å². The third-order valence-electron chi connectivity index (χ3n) is 7.26. The molecule has 33 heavy (non-hydrogen) atoms. The molecule has 1 aromatic carbocycles. The third kappa shape index (κ3) is 4.71. The predicted molar refractivity (Wildman–Crippen MR) is 125 cm³/mol. The minimum Gasteiger partial charge on any atom is -0.393 e. The largest absolute Gasteiger partial charge is 0.393 e. The quantitative estimate of drug-likeness (QED) is 0.733. The van der Waals surface area contributed by atoms with Crippen molar-refractivity contribution in [2.24, 2.45) is 5.92 Å². The van der Waals surface area contributed by atoms with E-state index < -0.39 is 6.10 Å². The van der Waals surface area contributed by atoms with Crippen LogP contribution in [0.5, 0.6) is 0 Å². The van der Waals surface area contributed by atoms with Crippen molar-refractivity contribution in [1.29, 1.82) is 0 Å². The zero-order valence-electron chi connectivity index (χ0n) is 19.6. The number of hydrogen-bond acceptors (Lipinski definition) is 6. The highest BCUT2D eigenvalue weighted by Crippen LogP contribution is 2.42. The Balaban J connectivity index is 1.52. The molecule has 176 valence electrons. The number of amides is 2. The average Bonchev–Trinajstić information content (AvgIpc) is 3.07. The Hall–Kier alpha value is -3.00. The molecule has 1 aromatic heterocycles. The molecule has 0 spiro atoms. The third-order valence-corrected chi connectivity index (χ3v) is 7.26. The molecule has 2 aliphatic rings. The number of carbonyl (C=O) groups excluding carboxylic acids is 2. The zero-order chi connectivity index (χ0) is 23.7. The topological polar surface area (TPSA) is 113 Å². The lowest BCUT2D eigenvalue weighted by Crippen LogP contribution is -2.46. The van der Waals surface area contributed by atoms with Crippen LogP contribution in [0.1, 0.15) is 48.2 Å². The first-order valence-corrected chi connectivity index (χ1v) is 11.6. The standard InChI is InChI=1S/C25H33N5O3/c1-15-19(16(2)28-25(26)27-15)9-10-23(33)29-12-11-22(32)24-20(18-7-5-4-6-8-18)13-30(17(3)31)21(24)14-29/h4-8,20-22,24,32H,9-14H2,1-3H3,(H2,26,27,28)/t20-,21+,22+,24-/m0/s1. The Morgan fingerprint density at radius 2 is 1.79 bits per heavy atom. The van der Waals surface area contributed by atoms with Crippen LogP contribution in [-0.4, -0.2) is 68.5 Å². The van der Waals surface area contributed by atoms with E-state index >= 15 is 0 Å². The van der Waals surface area contributed by atoms with Crippen molar-refractivity contribution in [2.45, 2.75) is 58.1 Å². The van der Waals surface area contributed by atoms with E-state index in [9.17, 15) is 14.7 Å². The fourth-order valence-corrected chi connectivity index (χ4v) is 5.62. The molecule has 0 unspecified atom stereocenters. The van der Waals surface area contributed by atoms with Crippen molar-refractivity contribution in [1.82, 2.24) is 19.8 Å². The molecule has 2 amide bonds. The highest BCUT2D eigenvalue weighted by Gasteiger charge is 2.49. The second kappa shape index (κ2) is 9.47. The van der Waals surface area contributed by atoms with Gasteiger partial charge in [-0.1, -0.05) is 30.3 Å². The van der Waals surface area contributed by atoms with Gasteiger partial charge in [-0.2, -0.15) is 0 Å². The molecule has 3 heterocycles. The molecule has 0 bridgehead atoms. The van der Waals surface area contributed by atoms with Crippen molar-refractivity contribution in [3.63, 3.8) is 0 Å². The molecule has 3 N–H and O–H groups in total. The SMILES string of the molecule is CC(=O)N1C[C@@H](c2ccccc2)[C@@H]2[C@H](O)CCN(C(=O)CCc3c(C)nc(N)nc3C)C[C@H]21. The molecule has 2 aliphatic heterocycles. The van der Waals surface area contributed by atoms with Gasteiger partial charge in [0.15, 0.2) is 0 Å². The van der Waals surface area contributed by atoms with Gasteiger partial charge < -0.3 is 20.6 Å². The number of nitrogens with zero attached hydrogens (tertiary/aromatic N) is 4. The number of rotatable bonds is 4.